The Labute approximate surface area is 107 Å². The highest BCUT2D eigenvalue weighted by Gasteiger charge is 2.13. The molecule has 0 radical (unpaired) electrons. The van der Waals surface area contributed by atoms with E-state index in [1.165, 1.54) is 90.4 Å². The van der Waals surface area contributed by atoms with Gasteiger partial charge in [-0.15, -0.1) is 0 Å². The van der Waals surface area contributed by atoms with Crippen LogP contribution in [0.25, 0.3) is 0 Å². The molecule has 2 nitrogen and oxygen atoms in total. The van der Waals surface area contributed by atoms with Gasteiger partial charge in [0.15, 0.2) is 0 Å². The molecule has 0 aromatic carbocycles. The third-order valence-electron chi connectivity index (χ3n) is 4.39. The van der Waals surface area contributed by atoms with Crippen LogP contribution >= 0.6 is 0 Å². The predicted octanol–water partition coefficient (Wildman–Crippen LogP) is 3.17. The molecule has 1 N–H and O–H groups in total. The van der Waals surface area contributed by atoms with Gasteiger partial charge < -0.3 is 10.2 Å². The summed E-state index contributed by atoms with van der Waals surface area (Å²) in [5, 5.41) is 3.72. The Hall–Kier alpha value is -0.0800. The summed E-state index contributed by atoms with van der Waals surface area (Å²) < 4.78 is 0. The van der Waals surface area contributed by atoms with Crippen molar-refractivity contribution in [2.75, 3.05) is 26.2 Å². The Kier molecular flexibility index (Phi) is 6.36. The summed E-state index contributed by atoms with van der Waals surface area (Å²) in [6.45, 7) is 5.26. The number of likely N-dealkylation sites (tertiary alicyclic amines) is 1. The van der Waals surface area contributed by atoms with Crippen molar-refractivity contribution in [3.8, 4) is 0 Å². The Balaban J connectivity index is 1.50. The van der Waals surface area contributed by atoms with Crippen molar-refractivity contribution >= 4 is 0 Å². The van der Waals surface area contributed by atoms with Crippen LogP contribution in [0.1, 0.15) is 64.2 Å². The second-order valence-electron chi connectivity index (χ2n) is 5.90. The molecule has 1 aliphatic heterocycles. The maximum atomic E-state index is 3.72. The summed E-state index contributed by atoms with van der Waals surface area (Å²) in [5.41, 5.74) is 0. The molecule has 2 rings (SSSR count). The summed E-state index contributed by atoms with van der Waals surface area (Å²) in [4.78, 5) is 2.69. The molecule has 2 aliphatic rings. The first-order valence-corrected chi connectivity index (χ1v) is 7.91. The molecule has 1 heterocycles. The number of nitrogens with one attached hydrogen (secondary N) is 1. The minimum absolute atomic E-state index is 0.849. The molecule has 100 valence electrons. The van der Waals surface area contributed by atoms with Gasteiger partial charge in [0.1, 0.15) is 0 Å². The molecule has 0 spiro atoms. The van der Waals surface area contributed by atoms with E-state index in [-0.39, 0.29) is 0 Å². The summed E-state index contributed by atoms with van der Waals surface area (Å²) in [5.74, 6) is 0. The van der Waals surface area contributed by atoms with Gasteiger partial charge in [0.25, 0.3) is 0 Å². The molecule has 1 saturated carbocycles. The Morgan fingerprint density at radius 1 is 0.824 bits per heavy atom. The van der Waals surface area contributed by atoms with Crippen molar-refractivity contribution < 1.29 is 0 Å². The van der Waals surface area contributed by atoms with E-state index in [2.05, 4.69) is 10.2 Å². The Morgan fingerprint density at radius 2 is 1.47 bits per heavy atom. The SMILES string of the molecule is C1CCCN(CCCNC2CCCC2)CCC1. The van der Waals surface area contributed by atoms with Crippen LogP contribution in [-0.4, -0.2) is 37.1 Å². The van der Waals surface area contributed by atoms with E-state index < -0.39 is 0 Å². The third-order valence-corrected chi connectivity index (χ3v) is 4.39. The zero-order valence-corrected chi connectivity index (χ0v) is 11.4. The maximum absolute atomic E-state index is 3.72. The maximum Gasteiger partial charge on any atom is 0.00670 e. The average Bonchev–Trinajstić information content (AvgIpc) is 2.79. The highest BCUT2D eigenvalue weighted by Crippen LogP contribution is 2.17. The lowest BCUT2D eigenvalue weighted by Crippen LogP contribution is -2.32. The average molecular weight is 238 g/mol. The first-order valence-electron chi connectivity index (χ1n) is 7.91. The van der Waals surface area contributed by atoms with Gasteiger partial charge in [0, 0.05) is 6.04 Å². The minimum Gasteiger partial charge on any atom is -0.314 e. The van der Waals surface area contributed by atoms with E-state index in [1.807, 2.05) is 0 Å². The van der Waals surface area contributed by atoms with E-state index in [9.17, 15) is 0 Å². The molecule has 0 aromatic rings. The van der Waals surface area contributed by atoms with Crippen LogP contribution in [0, 0.1) is 0 Å². The molecule has 1 saturated heterocycles. The summed E-state index contributed by atoms with van der Waals surface area (Å²) >= 11 is 0. The van der Waals surface area contributed by atoms with Gasteiger partial charge in [-0.1, -0.05) is 32.1 Å². The molecule has 2 fully saturated rings. The number of rotatable bonds is 5. The summed E-state index contributed by atoms with van der Waals surface area (Å²) in [6, 6.07) is 0.849. The highest BCUT2D eigenvalue weighted by atomic mass is 15.1. The molecular weight excluding hydrogens is 208 g/mol. The largest absolute Gasteiger partial charge is 0.314 e. The molecule has 1 aliphatic carbocycles. The van der Waals surface area contributed by atoms with E-state index in [1.54, 1.807) is 0 Å². The van der Waals surface area contributed by atoms with Crippen LogP contribution < -0.4 is 5.32 Å². The lowest BCUT2D eigenvalue weighted by atomic mass is 10.1. The zero-order valence-electron chi connectivity index (χ0n) is 11.4. The molecule has 2 heteroatoms. The molecule has 0 amide bonds. The standard InChI is InChI=1S/C15H30N2/c1-2-6-12-17(13-7-3-1)14-8-11-16-15-9-4-5-10-15/h15-16H,1-14H2. The lowest BCUT2D eigenvalue weighted by Gasteiger charge is -2.24. The topological polar surface area (TPSA) is 15.3 Å². The monoisotopic (exact) mass is 238 g/mol. The van der Waals surface area contributed by atoms with Crippen molar-refractivity contribution in [3.05, 3.63) is 0 Å². The van der Waals surface area contributed by atoms with Crippen LogP contribution in [0.15, 0.2) is 0 Å². The van der Waals surface area contributed by atoms with Crippen LogP contribution in [0.5, 0.6) is 0 Å². The van der Waals surface area contributed by atoms with Gasteiger partial charge in [0.05, 0.1) is 0 Å². The van der Waals surface area contributed by atoms with Crippen LogP contribution in [-0.2, 0) is 0 Å². The normalized spacial score (nSPS) is 24.7. The van der Waals surface area contributed by atoms with E-state index in [4.69, 9.17) is 0 Å². The predicted molar refractivity (Wildman–Crippen MR) is 74.4 cm³/mol. The molecule has 17 heavy (non-hydrogen) atoms. The van der Waals surface area contributed by atoms with Crippen LogP contribution in [0.4, 0.5) is 0 Å². The zero-order chi connectivity index (χ0) is 11.8. The number of nitrogens with zero attached hydrogens (tertiary/aromatic N) is 1. The van der Waals surface area contributed by atoms with E-state index >= 15 is 0 Å². The summed E-state index contributed by atoms with van der Waals surface area (Å²) in [6.07, 6.45) is 14.3. The van der Waals surface area contributed by atoms with Crippen molar-refractivity contribution in [1.82, 2.24) is 10.2 Å². The van der Waals surface area contributed by atoms with Crippen LogP contribution in [0.3, 0.4) is 0 Å². The first kappa shape index (κ1) is 13.4. The van der Waals surface area contributed by atoms with Gasteiger partial charge in [-0.3, -0.25) is 0 Å². The van der Waals surface area contributed by atoms with Crippen LogP contribution in [0.2, 0.25) is 0 Å². The minimum atomic E-state index is 0.849. The quantitative estimate of drug-likeness (QED) is 0.740. The van der Waals surface area contributed by atoms with E-state index in [0.717, 1.165) is 6.04 Å². The molecule has 0 atom stereocenters. The van der Waals surface area contributed by atoms with Gasteiger partial charge in [-0.2, -0.15) is 0 Å². The summed E-state index contributed by atoms with van der Waals surface area (Å²) in [7, 11) is 0. The highest BCUT2D eigenvalue weighted by molar-refractivity contribution is 4.73. The molecular formula is C15H30N2. The lowest BCUT2D eigenvalue weighted by molar-refractivity contribution is 0.243. The van der Waals surface area contributed by atoms with Gasteiger partial charge >= 0.3 is 0 Å². The second kappa shape index (κ2) is 8.10. The second-order valence-corrected chi connectivity index (χ2v) is 5.90. The fourth-order valence-electron chi connectivity index (χ4n) is 3.28. The molecule has 0 aromatic heterocycles. The molecule has 0 unspecified atom stereocenters. The number of hydrogen-bond acceptors (Lipinski definition) is 2. The third kappa shape index (κ3) is 5.39. The Morgan fingerprint density at radius 3 is 2.18 bits per heavy atom. The van der Waals surface area contributed by atoms with Crippen molar-refractivity contribution in [2.45, 2.75) is 70.3 Å². The van der Waals surface area contributed by atoms with Gasteiger partial charge in [0.2, 0.25) is 0 Å². The first-order chi connectivity index (χ1) is 8.45. The van der Waals surface area contributed by atoms with Crippen molar-refractivity contribution in [2.24, 2.45) is 0 Å². The fraction of sp³-hybridized carbons (Fsp3) is 1.00. The van der Waals surface area contributed by atoms with Gasteiger partial charge in [-0.25, -0.2) is 0 Å². The van der Waals surface area contributed by atoms with Gasteiger partial charge in [-0.05, 0) is 58.3 Å². The van der Waals surface area contributed by atoms with E-state index in [0.29, 0.717) is 0 Å². The van der Waals surface area contributed by atoms with Crippen molar-refractivity contribution in [3.63, 3.8) is 0 Å². The molecule has 0 bridgehead atoms. The smallest absolute Gasteiger partial charge is 0.00670 e. The fourth-order valence-corrected chi connectivity index (χ4v) is 3.28. The Bertz CT molecular complexity index is 179. The van der Waals surface area contributed by atoms with Crippen molar-refractivity contribution in [1.29, 1.82) is 0 Å². The number of hydrogen-bond donors (Lipinski definition) is 1.